The molecule has 1 radical (unpaired) electrons. The summed E-state index contributed by atoms with van der Waals surface area (Å²) >= 11 is 0. The van der Waals surface area contributed by atoms with Crippen LogP contribution in [0.3, 0.4) is 0 Å². The molecule has 2 aromatic carbocycles. The van der Waals surface area contributed by atoms with Crippen LogP contribution in [-0.4, -0.2) is 9.97 Å². The Labute approximate surface area is 161 Å². The number of hydrogen-bond acceptors (Lipinski definition) is 1. The average Bonchev–Trinajstić information content (AvgIpc) is 3.35. The Hall–Kier alpha value is -2.51. The Kier molecular flexibility index (Phi) is 7.81. The summed E-state index contributed by atoms with van der Waals surface area (Å²) in [5, 5.41) is 2.61. The van der Waals surface area contributed by atoms with E-state index in [4.69, 9.17) is 0 Å². The second-order valence-electron chi connectivity index (χ2n) is 5.24. The van der Waals surface area contributed by atoms with Crippen LogP contribution in [0.1, 0.15) is 6.42 Å². The van der Waals surface area contributed by atoms with Crippen molar-refractivity contribution in [1.82, 2.24) is 9.97 Å². The Balaban J connectivity index is 0.000000157. The maximum Gasteiger partial charge on any atom is 1.00 e. The number of benzene rings is 2. The molecule has 125 valence electrons. The van der Waals surface area contributed by atoms with Crippen molar-refractivity contribution >= 4 is 21.8 Å². The van der Waals surface area contributed by atoms with Gasteiger partial charge >= 0.3 is 19.5 Å². The van der Waals surface area contributed by atoms with Gasteiger partial charge in [0.2, 0.25) is 0 Å². The number of aromatic amines is 1. The number of allylic oxidation sites excluding steroid dienone is 4. The van der Waals surface area contributed by atoms with Crippen molar-refractivity contribution in [2.45, 2.75) is 6.42 Å². The first-order valence-corrected chi connectivity index (χ1v) is 7.97. The molecule has 5 rings (SSSR count). The van der Waals surface area contributed by atoms with Gasteiger partial charge in [-0.25, -0.2) is 12.2 Å². The van der Waals surface area contributed by atoms with Gasteiger partial charge in [0.05, 0.1) is 0 Å². The van der Waals surface area contributed by atoms with Crippen molar-refractivity contribution in [3.8, 4) is 0 Å². The van der Waals surface area contributed by atoms with E-state index in [9.17, 15) is 0 Å². The van der Waals surface area contributed by atoms with Crippen LogP contribution in [0.4, 0.5) is 0 Å². The van der Waals surface area contributed by atoms with Crippen molar-refractivity contribution in [2.75, 3.05) is 0 Å². The van der Waals surface area contributed by atoms with Gasteiger partial charge in [0, 0.05) is 34.2 Å². The first-order chi connectivity index (χ1) is 11.9. The second kappa shape index (κ2) is 10.4. The van der Waals surface area contributed by atoms with Gasteiger partial charge in [0.15, 0.2) is 0 Å². The van der Waals surface area contributed by atoms with Gasteiger partial charge in [-0.05, 0) is 24.3 Å². The number of nitrogens with one attached hydrogen (secondary N) is 1. The van der Waals surface area contributed by atoms with E-state index in [0.717, 1.165) is 6.42 Å². The molecular formula is C22H19N2Ru. The SMILES string of the molecule is [C-]1=CC=CC1.[Ru+].c1ccc2c(c1)[nH]c1ccccc12.c1ccncc1. The number of rotatable bonds is 0. The van der Waals surface area contributed by atoms with Crippen molar-refractivity contribution < 1.29 is 19.5 Å². The fraction of sp³-hybridized carbons (Fsp3) is 0.0455. The summed E-state index contributed by atoms with van der Waals surface area (Å²) in [4.78, 5) is 7.16. The van der Waals surface area contributed by atoms with E-state index in [-0.39, 0.29) is 19.5 Å². The third-order valence-corrected chi connectivity index (χ3v) is 3.57. The number of aromatic nitrogens is 2. The molecule has 1 aliphatic rings. The maximum atomic E-state index is 3.78. The van der Waals surface area contributed by atoms with E-state index >= 15 is 0 Å². The standard InChI is InChI=1S/C12H9N.C5H5N.C5H5.Ru/c1-3-7-11-9(5-1)10-6-2-4-8-12(10)13-11;1-2-4-6-5-3-1;1-2-4-5-3-1;/h1-8,13H;1-5H;1-3H,4H2;/q;;-1;+1. The number of nitrogens with zero attached hydrogens (tertiary/aromatic N) is 1. The van der Waals surface area contributed by atoms with Gasteiger partial charge in [-0.15, -0.1) is 6.42 Å². The van der Waals surface area contributed by atoms with E-state index in [1.165, 1.54) is 21.8 Å². The number of hydrogen-bond donors (Lipinski definition) is 1. The van der Waals surface area contributed by atoms with Gasteiger partial charge in [0.25, 0.3) is 0 Å². The molecule has 4 aromatic rings. The zero-order valence-corrected chi connectivity index (χ0v) is 15.5. The maximum absolute atomic E-state index is 3.78. The Morgan fingerprint density at radius 1 is 0.760 bits per heavy atom. The molecule has 2 aromatic heterocycles. The molecule has 0 fully saturated rings. The van der Waals surface area contributed by atoms with Crippen molar-refractivity contribution in [1.29, 1.82) is 0 Å². The normalized spacial score (nSPS) is 11.2. The molecule has 0 saturated carbocycles. The van der Waals surface area contributed by atoms with Crippen molar-refractivity contribution in [3.63, 3.8) is 0 Å². The molecule has 0 saturated heterocycles. The van der Waals surface area contributed by atoms with E-state index < -0.39 is 0 Å². The van der Waals surface area contributed by atoms with Crippen LogP contribution >= 0.6 is 0 Å². The second-order valence-corrected chi connectivity index (χ2v) is 5.24. The van der Waals surface area contributed by atoms with Gasteiger partial charge in [-0.3, -0.25) is 11.1 Å². The van der Waals surface area contributed by atoms with E-state index in [1.807, 2.05) is 30.4 Å². The smallest absolute Gasteiger partial charge is 0.355 e. The fourth-order valence-electron chi connectivity index (χ4n) is 2.45. The molecule has 0 atom stereocenters. The molecule has 1 N–H and O–H groups in total. The minimum Gasteiger partial charge on any atom is -0.355 e. The molecule has 25 heavy (non-hydrogen) atoms. The molecule has 0 amide bonds. The van der Waals surface area contributed by atoms with Crippen LogP contribution in [0, 0.1) is 6.08 Å². The number of fused-ring (bicyclic) bond motifs is 3. The molecule has 0 spiro atoms. The summed E-state index contributed by atoms with van der Waals surface area (Å²) < 4.78 is 0. The first-order valence-electron chi connectivity index (χ1n) is 7.97. The zero-order valence-electron chi connectivity index (χ0n) is 13.7. The third kappa shape index (κ3) is 5.51. The molecule has 0 bridgehead atoms. The predicted octanol–water partition coefficient (Wildman–Crippen LogP) is 5.71. The number of H-pyrrole nitrogens is 1. The summed E-state index contributed by atoms with van der Waals surface area (Å²) in [7, 11) is 0. The van der Waals surface area contributed by atoms with Crippen LogP contribution in [0.5, 0.6) is 0 Å². The van der Waals surface area contributed by atoms with E-state index in [0.29, 0.717) is 0 Å². The van der Waals surface area contributed by atoms with E-state index in [1.54, 1.807) is 12.4 Å². The van der Waals surface area contributed by atoms with Crippen LogP contribution in [0.25, 0.3) is 21.8 Å². The fourth-order valence-corrected chi connectivity index (χ4v) is 2.45. The number of pyridine rings is 1. The molecule has 3 heteroatoms. The predicted molar refractivity (Wildman–Crippen MR) is 102 cm³/mol. The minimum atomic E-state index is 0. The van der Waals surface area contributed by atoms with Gasteiger partial charge in [0.1, 0.15) is 0 Å². The zero-order chi connectivity index (χ0) is 16.5. The summed E-state index contributed by atoms with van der Waals surface area (Å²) in [5.41, 5.74) is 2.42. The van der Waals surface area contributed by atoms with Crippen LogP contribution in [-0.2, 0) is 19.5 Å². The van der Waals surface area contributed by atoms with Gasteiger partial charge < -0.3 is 4.98 Å². The molecule has 0 unspecified atom stereocenters. The van der Waals surface area contributed by atoms with Crippen LogP contribution in [0.2, 0.25) is 0 Å². The Bertz CT molecular complexity index is 853. The minimum absolute atomic E-state index is 0. The molecule has 1 aliphatic carbocycles. The monoisotopic (exact) mass is 413 g/mol. The molecular weight excluding hydrogens is 393 g/mol. The molecule has 2 nitrogen and oxygen atoms in total. The largest absolute Gasteiger partial charge is 1.00 e. The molecule has 2 heterocycles. The van der Waals surface area contributed by atoms with E-state index in [2.05, 4.69) is 70.7 Å². The molecule has 0 aliphatic heterocycles. The van der Waals surface area contributed by atoms with Crippen LogP contribution in [0.15, 0.2) is 97.4 Å². The topological polar surface area (TPSA) is 28.7 Å². The first kappa shape index (κ1) is 18.8. The summed E-state index contributed by atoms with van der Waals surface area (Å²) in [6.07, 6.45) is 13.5. The average molecular weight is 412 g/mol. The Morgan fingerprint density at radius 2 is 1.36 bits per heavy atom. The summed E-state index contributed by atoms with van der Waals surface area (Å²) in [5.74, 6) is 0. The third-order valence-electron chi connectivity index (χ3n) is 3.57. The van der Waals surface area contributed by atoms with Gasteiger partial charge in [-0.2, -0.15) is 6.08 Å². The van der Waals surface area contributed by atoms with Gasteiger partial charge in [-0.1, -0.05) is 42.5 Å². The summed E-state index contributed by atoms with van der Waals surface area (Å²) in [6.45, 7) is 0. The van der Waals surface area contributed by atoms with Crippen molar-refractivity contribution in [2.24, 2.45) is 0 Å². The summed E-state index contributed by atoms with van der Waals surface area (Å²) in [6, 6.07) is 22.5. The quantitative estimate of drug-likeness (QED) is 0.291. The van der Waals surface area contributed by atoms with Crippen LogP contribution < -0.4 is 0 Å². The Morgan fingerprint density at radius 3 is 1.72 bits per heavy atom. The number of para-hydroxylation sites is 2. The van der Waals surface area contributed by atoms with Crippen molar-refractivity contribution in [3.05, 3.63) is 103 Å².